The molecular formula is C9H17FN4O3. The molecule has 98 valence electrons. The minimum Gasteiger partial charge on any atom is -0.468 e. The van der Waals surface area contributed by atoms with Crippen molar-refractivity contribution in [2.75, 3.05) is 13.9 Å². The molecule has 17 heavy (non-hydrogen) atoms. The third-order valence-electron chi connectivity index (χ3n) is 1.33. The molecule has 3 N–H and O–H groups in total. The molecule has 0 aliphatic rings. The summed E-state index contributed by atoms with van der Waals surface area (Å²) in [5.74, 6) is 0. The van der Waals surface area contributed by atoms with Crippen molar-refractivity contribution in [1.82, 2.24) is 16.0 Å². The highest BCUT2D eigenvalue weighted by atomic mass is 19.1. The molecule has 0 aromatic carbocycles. The molecule has 7 nitrogen and oxygen atoms in total. The summed E-state index contributed by atoms with van der Waals surface area (Å²) in [5.41, 5.74) is -0.458. The monoisotopic (exact) mass is 248 g/mol. The summed E-state index contributed by atoms with van der Waals surface area (Å²) >= 11 is 0. The summed E-state index contributed by atoms with van der Waals surface area (Å²) in [6.07, 6.45) is 0. The molecule has 8 heteroatoms. The number of halogens is 1. The number of ether oxygens (including phenoxy) is 1. The Kier molecular flexibility index (Phi) is 5.94. The minimum atomic E-state index is -1.03. The van der Waals surface area contributed by atoms with Crippen LogP contribution in [0.1, 0.15) is 20.8 Å². The van der Waals surface area contributed by atoms with Gasteiger partial charge in [0.15, 0.2) is 6.80 Å². The van der Waals surface area contributed by atoms with Gasteiger partial charge in [0, 0.05) is 5.54 Å². The quantitative estimate of drug-likeness (QED) is 0.363. The van der Waals surface area contributed by atoms with Crippen LogP contribution in [-0.2, 0) is 4.74 Å². The standard InChI is InChI=1S/C9H17FN4O3/c1-9(2,3)14-7(16)13-8(17-4)12-6(15)11-5-10/h5H2,1-4H3,(H3,11,12,13,14,15,16). The molecule has 0 heterocycles. The van der Waals surface area contributed by atoms with Crippen LogP contribution >= 0.6 is 0 Å². The molecular weight excluding hydrogens is 231 g/mol. The maximum absolute atomic E-state index is 11.8. The van der Waals surface area contributed by atoms with E-state index in [4.69, 9.17) is 0 Å². The Hall–Kier alpha value is -1.86. The molecule has 0 saturated heterocycles. The third kappa shape index (κ3) is 8.00. The van der Waals surface area contributed by atoms with Crippen LogP contribution in [0.4, 0.5) is 14.0 Å². The van der Waals surface area contributed by atoms with Gasteiger partial charge in [-0.05, 0) is 20.8 Å². The van der Waals surface area contributed by atoms with E-state index in [-0.39, 0.29) is 6.02 Å². The molecule has 0 aromatic rings. The Labute approximate surface area is 98.8 Å². The topological polar surface area (TPSA) is 91.8 Å². The number of aliphatic imine (C=N–C) groups is 1. The molecule has 0 aliphatic heterocycles. The van der Waals surface area contributed by atoms with Gasteiger partial charge in [-0.1, -0.05) is 0 Å². The summed E-state index contributed by atoms with van der Waals surface area (Å²) in [6.45, 7) is 4.29. The van der Waals surface area contributed by atoms with Gasteiger partial charge < -0.3 is 15.4 Å². The molecule has 0 fully saturated rings. The number of rotatable bonds is 1. The van der Waals surface area contributed by atoms with Gasteiger partial charge in [0.1, 0.15) is 0 Å². The molecule has 0 rings (SSSR count). The van der Waals surface area contributed by atoms with Crippen LogP contribution in [0, 0.1) is 0 Å². The van der Waals surface area contributed by atoms with E-state index in [0.717, 1.165) is 0 Å². The minimum absolute atomic E-state index is 0.322. The van der Waals surface area contributed by atoms with Crippen molar-refractivity contribution >= 4 is 18.1 Å². The van der Waals surface area contributed by atoms with Gasteiger partial charge in [0.2, 0.25) is 0 Å². The number of nitrogens with one attached hydrogen (secondary N) is 3. The number of carbonyl (C=O) groups excluding carboxylic acids is 2. The molecule has 0 unspecified atom stereocenters. The largest absolute Gasteiger partial charge is 0.468 e. The number of hydrogen-bond acceptors (Lipinski definition) is 3. The maximum Gasteiger partial charge on any atom is 0.345 e. The van der Waals surface area contributed by atoms with E-state index >= 15 is 0 Å². The van der Waals surface area contributed by atoms with Gasteiger partial charge in [0.25, 0.3) is 0 Å². The number of carbonyl (C=O) groups is 2. The fraction of sp³-hybridized carbons (Fsp3) is 0.667. The van der Waals surface area contributed by atoms with Crippen LogP contribution in [0.2, 0.25) is 0 Å². The lowest BCUT2D eigenvalue weighted by molar-refractivity contribution is 0.236. The van der Waals surface area contributed by atoms with Gasteiger partial charge in [-0.15, -0.1) is 4.99 Å². The van der Waals surface area contributed by atoms with E-state index in [1.807, 2.05) is 5.32 Å². The fourth-order valence-electron chi connectivity index (χ4n) is 0.768. The zero-order valence-electron chi connectivity index (χ0n) is 10.3. The highest BCUT2D eigenvalue weighted by Gasteiger charge is 2.14. The van der Waals surface area contributed by atoms with Crippen LogP contribution < -0.4 is 16.0 Å². The summed E-state index contributed by atoms with van der Waals surface area (Å²) < 4.78 is 16.4. The molecule has 0 bridgehead atoms. The lowest BCUT2D eigenvalue weighted by Gasteiger charge is -2.18. The summed E-state index contributed by atoms with van der Waals surface area (Å²) in [7, 11) is 1.22. The smallest absolute Gasteiger partial charge is 0.345 e. The first kappa shape index (κ1) is 15.1. The molecule has 4 amide bonds. The van der Waals surface area contributed by atoms with Gasteiger partial charge in [0.05, 0.1) is 7.11 Å². The van der Waals surface area contributed by atoms with E-state index in [1.165, 1.54) is 7.11 Å². The second-order valence-electron chi connectivity index (χ2n) is 4.07. The maximum atomic E-state index is 11.8. The van der Waals surface area contributed by atoms with Crippen molar-refractivity contribution in [3.8, 4) is 0 Å². The van der Waals surface area contributed by atoms with Gasteiger partial charge in [-0.2, -0.15) is 0 Å². The van der Waals surface area contributed by atoms with Crippen LogP contribution in [0.15, 0.2) is 4.99 Å². The second-order valence-corrected chi connectivity index (χ2v) is 4.07. The van der Waals surface area contributed by atoms with Crippen molar-refractivity contribution in [3.05, 3.63) is 0 Å². The van der Waals surface area contributed by atoms with Gasteiger partial charge in [-0.3, -0.25) is 5.32 Å². The second kappa shape index (κ2) is 6.66. The summed E-state index contributed by atoms with van der Waals surface area (Å²) in [6, 6.07) is -1.84. The fourth-order valence-corrected chi connectivity index (χ4v) is 0.768. The molecule has 0 atom stereocenters. The Morgan fingerprint density at radius 2 is 1.94 bits per heavy atom. The molecule has 0 aromatic heterocycles. The lowest BCUT2D eigenvalue weighted by atomic mass is 10.1. The van der Waals surface area contributed by atoms with Crippen molar-refractivity contribution < 1.29 is 18.7 Å². The average Bonchev–Trinajstić information content (AvgIpc) is 2.13. The number of nitrogens with zero attached hydrogens (tertiary/aromatic N) is 1. The highest BCUT2D eigenvalue weighted by Crippen LogP contribution is 1.98. The van der Waals surface area contributed by atoms with E-state index in [0.29, 0.717) is 0 Å². The van der Waals surface area contributed by atoms with Crippen LogP contribution in [-0.4, -0.2) is 37.5 Å². The van der Waals surface area contributed by atoms with Crippen LogP contribution in [0.25, 0.3) is 0 Å². The summed E-state index contributed by atoms with van der Waals surface area (Å²) in [5, 5.41) is 6.42. The highest BCUT2D eigenvalue weighted by molar-refractivity contribution is 5.98. The van der Waals surface area contributed by atoms with Crippen molar-refractivity contribution in [3.63, 3.8) is 0 Å². The van der Waals surface area contributed by atoms with Crippen molar-refractivity contribution in [2.24, 2.45) is 4.99 Å². The van der Waals surface area contributed by atoms with E-state index < -0.39 is 24.4 Å². The normalized spacial score (nSPS) is 11.7. The zero-order chi connectivity index (χ0) is 13.5. The first-order valence-corrected chi connectivity index (χ1v) is 4.84. The Balaban J connectivity index is 4.44. The molecule has 0 aliphatic carbocycles. The SMILES string of the molecule is COC(=NC(=O)NC(C)(C)C)NC(=O)NCF. The number of amides is 4. The Morgan fingerprint density at radius 1 is 1.35 bits per heavy atom. The van der Waals surface area contributed by atoms with Crippen LogP contribution in [0.3, 0.4) is 0 Å². The van der Waals surface area contributed by atoms with Crippen molar-refractivity contribution in [2.45, 2.75) is 26.3 Å². The van der Waals surface area contributed by atoms with Crippen LogP contribution in [0.5, 0.6) is 0 Å². The van der Waals surface area contributed by atoms with Gasteiger partial charge >= 0.3 is 18.1 Å². The zero-order valence-corrected chi connectivity index (χ0v) is 10.3. The third-order valence-corrected chi connectivity index (χ3v) is 1.33. The predicted octanol–water partition coefficient (Wildman–Crippen LogP) is 0.723. The average molecular weight is 248 g/mol. The Morgan fingerprint density at radius 3 is 2.35 bits per heavy atom. The first-order valence-electron chi connectivity index (χ1n) is 4.84. The molecule has 0 radical (unpaired) electrons. The Bertz CT molecular complexity index is 312. The van der Waals surface area contributed by atoms with Gasteiger partial charge in [-0.25, -0.2) is 14.0 Å². The number of hydrogen-bond donors (Lipinski definition) is 3. The number of methoxy groups -OCH3 is 1. The number of alkyl halides is 1. The van der Waals surface area contributed by atoms with E-state index in [9.17, 15) is 14.0 Å². The summed E-state index contributed by atoms with van der Waals surface area (Å²) in [4.78, 5) is 25.7. The van der Waals surface area contributed by atoms with E-state index in [1.54, 1.807) is 20.8 Å². The lowest BCUT2D eigenvalue weighted by Crippen LogP contribution is -2.43. The number of amidine groups is 1. The van der Waals surface area contributed by atoms with Crippen molar-refractivity contribution in [1.29, 1.82) is 0 Å². The molecule has 0 spiro atoms. The molecule has 0 saturated carbocycles. The van der Waals surface area contributed by atoms with E-state index in [2.05, 4.69) is 20.4 Å². The number of urea groups is 2. The predicted molar refractivity (Wildman–Crippen MR) is 60.4 cm³/mol. The first-order chi connectivity index (χ1) is 7.78.